The molecule has 5 heteroatoms. The summed E-state index contributed by atoms with van der Waals surface area (Å²) in [6.45, 7) is 1.10. The van der Waals surface area contributed by atoms with Crippen molar-refractivity contribution in [3.63, 3.8) is 0 Å². The average Bonchev–Trinajstić information content (AvgIpc) is 2.96. The fourth-order valence-corrected chi connectivity index (χ4v) is 3.72. The second-order valence-electron chi connectivity index (χ2n) is 8.23. The number of nitrogens with zero attached hydrogens (tertiary/aromatic N) is 2. The number of ether oxygens (including phenoxy) is 2. The molecule has 0 atom stereocenters. The van der Waals surface area contributed by atoms with E-state index in [9.17, 15) is 0 Å². The van der Waals surface area contributed by atoms with E-state index in [1.165, 1.54) is 0 Å². The van der Waals surface area contributed by atoms with Gasteiger partial charge in [-0.05, 0) is 35.4 Å². The van der Waals surface area contributed by atoms with Crippen LogP contribution in [0.3, 0.4) is 0 Å². The number of para-hydroxylation sites is 2. The Hall–Kier alpha value is -4.53. The van der Waals surface area contributed by atoms with Crippen molar-refractivity contribution in [1.29, 1.82) is 0 Å². The fourth-order valence-electron chi connectivity index (χ4n) is 3.72. The minimum Gasteiger partial charge on any atom is -0.473 e. The minimum absolute atomic E-state index is 0. The zero-order chi connectivity index (χ0) is 24.4. The van der Waals surface area contributed by atoms with E-state index in [1.54, 1.807) is 0 Å². The smallest absolute Gasteiger partial charge is 0.214 e. The van der Waals surface area contributed by atoms with Gasteiger partial charge >= 0.3 is 10.1 Å². The molecule has 0 aliphatic heterocycles. The first kappa shape index (κ1) is 25.6. The number of hydrogen-bond donors (Lipinski definition) is 0. The molecule has 6 aromatic rings. The van der Waals surface area contributed by atoms with Gasteiger partial charge < -0.3 is 9.47 Å². The van der Waals surface area contributed by atoms with Crippen molar-refractivity contribution >= 4 is 31.9 Å². The Labute approximate surface area is 220 Å². The largest absolute Gasteiger partial charge is 0.473 e. The quantitative estimate of drug-likeness (QED) is 0.248. The number of rotatable bonds is 6. The summed E-state index contributed by atoms with van der Waals surface area (Å²) >= 11 is 0. The number of fused-ring (bicyclic) bond motifs is 2. The van der Waals surface area contributed by atoms with Crippen LogP contribution in [-0.2, 0) is 13.2 Å². The third-order valence-electron chi connectivity index (χ3n) is 5.60. The van der Waals surface area contributed by atoms with Crippen LogP contribution in [0.5, 0.6) is 11.8 Å². The molecule has 0 amide bonds. The van der Waals surface area contributed by atoms with Gasteiger partial charge in [0.15, 0.2) is 0 Å². The van der Waals surface area contributed by atoms with Crippen LogP contribution in [0.4, 0.5) is 0 Å². The van der Waals surface area contributed by atoms with Crippen molar-refractivity contribution in [2.24, 2.45) is 0 Å². The Bertz CT molecular complexity index is 1420. The third kappa shape index (κ3) is 7.23. The molecule has 0 fully saturated rings. The minimum atomic E-state index is 0. The topological polar surface area (TPSA) is 44.2 Å². The van der Waals surface area contributed by atoms with E-state index in [0.717, 1.165) is 32.9 Å². The molecule has 0 aliphatic carbocycles. The van der Waals surface area contributed by atoms with E-state index >= 15 is 0 Å². The van der Waals surface area contributed by atoms with Gasteiger partial charge in [0.05, 0.1) is 11.0 Å². The number of hydrogen-bond acceptors (Lipinski definition) is 4. The van der Waals surface area contributed by atoms with Crippen LogP contribution in [0, 0.1) is 0 Å². The molecule has 0 bridgehead atoms. The molecular weight excluding hydrogens is 453 g/mol. The maximum absolute atomic E-state index is 5.69. The van der Waals surface area contributed by atoms with Crippen LogP contribution in [-0.4, -0.2) is 20.1 Å². The van der Waals surface area contributed by atoms with E-state index < -0.39 is 0 Å². The predicted molar refractivity (Wildman–Crippen MR) is 154 cm³/mol. The monoisotopic (exact) mass is 481 g/mol. The van der Waals surface area contributed by atoms with Crippen LogP contribution in [0.2, 0.25) is 0 Å². The van der Waals surface area contributed by atoms with Gasteiger partial charge in [-0.1, -0.05) is 97.1 Å². The molecule has 180 valence electrons. The van der Waals surface area contributed by atoms with Gasteiger partial charge in [0.2, 0.25) is 11.8 Å². The summed E-state index contributed by atoms with van der Waals surface area (Å²) in [5, 5.41) is 2.26. The van der Waals surface area contributed by atoms with Crippen LogP contribution in [0.25, 0.3) is 21.8 Å². The number of pyridine rings is 2. The first-order valence-corrected chi connectivity index (χ1v) is 11.9. The molecular formula is C32H28BeN2O2. The average molecular weight is 482 g/mol. The summed E-state index contributed by atoms with van der Waals surface area (Å²) in [4.78, 5) is 8.94. The van der Waals surface area contributed by atoms with E-state index in [2.05, 4.69) is 9.97 Å². The van der Waals surface area contributed by atoms with Crippen molar-refractivity contribution in [1.82, 2.24) is 9.97 Å². The number of aromatic nitrogens is 2. The second-order valence-corrected chi connectivity index (χ2v) is 8.23. The van der Waals surface area contributed by atoms with Crippen LogP contribution >= 0.6 is 0 Å². The molecule has 0 unspecified atom stereocenters. The first-order chi connectivity index (χ1) is 17.8. The standard InChI is InChI=1S/2C16H13NO.Be.2H/c2*1-2-6-13(7-3-1)12-18-16-11-10-14-8-4-5-9-15(14)17-16;;;/h2*1-11H,12H2;;;. The van der Waals surface area contributed by atoms with Crippen molar-refractivity contribution in [2.75, 3.05) is 0 Å². The van der Waals surface area contributed by atoms with E-state index in [0.29, 0.717) is 25.0 Å². The molecule has 4 aromatic carbocycles. The first-order valence-electron chi connectivity index (χ1n) is 11.9. The van der Waals surface area contributed by atoms with Gasteiger partial charge in [0.1, 0.15) is 13.2 Å². The maximum atomic E-state index is 5.69. The van der Waals surface area contributed by atoms with E-state index in [-0.39, 0.29) is 10.1 Å². The van der Waals surface area contributed by atoms with E-state index in [1.807, 2.05) is 133 Å². The normalized spacial score (nSPS) is 10.2. The van der Waals surface area contributed by atoms with Gasteiger partial charge in [-0.3, -0.25) is 0 Å². The molecule has 0 saturated carbocycles. The summed E-state index contributed by atoms with van der Waals surface area (Å²) in [7, 11) is 0. The fraction of sp³-hybridized carbons (Fsp3) is 0.0625. The van der Waals surface area contributed by atoms with E-state index in [4.69, 9.17) is 9.47 Å². The zero-order valence-electron chi connectivity index (χ0n) is 19.8. The Morgan fingerprint density at radius 2 is 0.784 bits per heavy atom. The Kier molecular flexibility index (Phi) is 8.96. The van der Waals surface area contributed by atoms with Crippen molar-refractivity contribution in [2.45, 2.75) is 13.2 Å². The molecule has 0 spiro atoms. The SMILES string of the molecule is [BeH2].c1ccc(COc2ccc3ccccc3n2)cc1.c1ccc(COc2ccc3ccccc3n2)cc1. The predicted octanol–water partition coefficient (Wildman–Crippen LogP) is 6.71. The maximum Gasteiger partial charge on any atom is 0.214 e. The Morgan fingerprint density at radius 3 is 1.22 bits per heavy atom. The molecule has 4 nitrogen and oxygen atoms in total. The van der Waals surface area contributed by atoms with Gasteiger partial charge in [0.25, 0.3) is 0 Å². The summed E-state index contributed by atoms with van der Waals surface area (Å²) in [5.74, 6) is 1.33. The zero-order valence-corrected chi connectivity index (χ0v) is 19.8. The molecule has 2 aromatic heterocycles. The van der Waals surface area contributed by atoms with Crippen LogP contribution in [0.1, 0.15) is 11.1 Å². The summed E-state index contributed by atoms with van der Waals surface area (Å²) in [5.41, 5.74) is 4.21. The second kappa shape index (κ2) is 13.0. The molecule has 6 rings (SSSR count). The van der Waals surface area contributed by atoms with Crippen LogP contribution in [0.15, 0.2) is 133 Å². The van der Waals surface area contributed by atoms with Crippen LogP contribution < -0.4 is 9.47 Å². The van der Waals surface area contributed by atoms with Crippen molar-refractivity contribution in [3.8, 4) is 11.8 Å². The van der Waals surface area contributed by atoms with Gasteiger partial charge in [-0.25, -0.2) is 9.97 Å². The van der Waals surface area contributed by atoms with Gasteiger partial charge in [0, 0.05) is 22.9 Å². The summed E-state index contributed by atoms with van der Waals surface area (Å²) in [6, 6.07) is 44.1. The summed E-state index contributed by atoms with van der Waals surface area (Å²) in [6.07, 6.45) is 0. The van der Waals surface area contributed by atoms with Gasteiger partial charge in [-0.15, -0.1) is 0 Å². The Morgan fingerprint density at radius 1 is 0.405 bits per heavy atom. The third-order valence-corrected chi connectivity index (χ3v) is 5.60. The molecule has 2 heterocycles. The van der Waals surface area contributed by atoms with Gasteiger partial charge in [-0.2, -0.15) is 0 Å². The Balaban J connectivity index is 0.000000168. The van der Waals surface area contributed by atoms with Crippen molar-refractivity contribution < 1.29 is 9.47 Å². The molecule has 0 N–H and O–H groups in total. The molecule has 0 saturated heterocycles. The molecule has 0 radical (unpaired) electrons. The molecule has 37 heavy (non-hydrogen) atoms. The molecule has 0 aliphatic rings. The van der Waals surface area contributed by atoms with Crippen molar-refractivity contribution in [3.05, 3.63) is 145 Å². The summed E-state index contributed by atoms with van der Waals surface area (Å²) < 4.78 is 11.4. The number of benzene rings is 4.